The number of hydrogen-bond acceptors (Lipinski definition) is 8. The second kappa shape index (κ2) is 11.3. The maximum Gasteiger partial charge on any atom is 0.323 e. The summed E-state index contributed by atoms with van der Waals surface area (Å²) in [5.41, 5.74) is 3.31. The van der Waals surface area contributed by atoms with Gasteiger partial charge >= 0.3 is 5.69 Å². The van der Waals surface area contributed by atoms with Crippen LogP contribution < -0.4 is 35.4 Å². The highest BCUT2D eigenvalue weighted by Gasteiger charge is 2.21. The number of aliphatic hydroxyl groups is 1. The molecule has 3 heterocycles. The van der Waals surface area contributed by atoms with E-state index in [0.717, 1.165) is 37.3 Å². The normalized spacial score (nSPS) is 15.8. The van der Waals surface area contributed by atoms with Gasteiger partial charge in [-0.1, -0.05) is 6.07 Å². The molecule has 208 valence electrons. The molecule has 0 unspecified atom stereocenters. The molecular weight excluding hydrogens is 514 g/mol. The highest BCUT2D eigenvalue weighted by molar-refractivity contribution is 6.04. The Morgan fingerprint density at radius 3 is 2.67 bits per heavy atom. The molecule has 3 aromatic carbocycles. The van der Waals surface area contributed by atoms with E-state index in [1.54, 1.807) is 36.4 Å². The Morgan fingerprint density at radius 2 is 1.85 bits per heavy atom. The van der Waals surface area contributed by atoms with E-state index in [1.165, 1.54) is 0 Å². The quantitative estimate of drug-likeness (QED) is 0.216. The number of carbonyl (C=O) groups is 1. The second-order valence-electron chi connectivity index (χ2n) is 9.96. The molecule has 11 nitrogen and oxygen atoms in total. The average Bonchev–Trinajstić information content (AvgIpc) is 3.61. The van der Waals surface area contributed by atoms with Crippen LogP contribution in [0, 0.1) is 0 Å². The van der Waals surface area contributed by atoms with Crippen LogP contribution in [0.15, 0.2) is 65.5 Å². The van der Waals surface area contributed by atoms with Crippen LogP contribution in [0.1, 0.15) is 23.2 Å². The molecule has 6 rings (SSSR count). The Hall–Kier alpha value is -4.48. The number of amides is 1. The first-order chi connectivity index (χ1) is 19.5. The van der Waals surface area contributed by atoms with Gasteiger partial charge in [-0.3, -0.25) is 4.79 Å². The molecule has 2 aliphatic heterocycles. The first-order valence-electron chi connectivity index (χ1n) is 13.3. The summed E-state index contributed by atoms with van der Waals surface area (Å²) in [4.78, 5) is 31.9. The smallest absolute Gasteiger partial charge is 0.323 e. The number of aliphatic hydroxyl groups excluding tert-OH is 1. The number of piperidine rings is 1. The molecule has 0 saturated carbocycles. The number of anilines is 2. The van der Waals surface area contributed by atoms with Crippen LogP contribution in [0.4, 0.5) is 11.4 Å². The Balaban J connectivity index is 0.936. The highest BCUT2D eigenvalue weighted by atomic mass is 16.7. The molecule has 1 aromatic heterocycles. The number of para-hydroxylation sites is 1. The summed E-state index contributed by atoms with van der Waals surface area (Å²) in [6, 6.07) is 18.6. The predicted octanol–water partition coefficient (Wildman–Crippen LogP) is 2.84. The molecule has 1 fully saturated rings. The molecule has 0 bridgehead atoms. The third-order valence-corrected chi connectivity index (χ3v) is 7.21. The van der Waals surface area contributed by atoms with E-state index >= 15 is 0 Å². The summed E-state index contributed by atoms with van der Waals surface area (Å²) in [5.74, 6) is 1.54. The van der Waals surface area contributed by atoms with Crippen molar-refractivity contribution in [3.8, 4) is 17.2 Å². The van der Waals surface area contributed by atoms with Gasteiger partial charge in [-0.2, -0.15) is 0 Å². The molecule has 1 saturated heterocycles. The van der Waals surface area contributed by atoms with Gasteiger partial charge in [0.15, 0.2) is 11.5 Å². The number of benzene rings is 3. The number of aromatic nitrogens is 2. The summed E-state index contributed by atoms with van der Waals surface area (Å²) in [6.45, 7) is 2.48. The summed E-state index contributed by atoms with van der Waals surface area (Å²) < 4.78 is 16.4. The van der Waals surface area contributed by atoms with Crippen LogP contribution in [0.5, 0.6) is 17.2 Å². The monoisotopic (exact) mass is 545 g/mol. The van der Waals surface area contributed by atoms with Crippen LogP contribution in [-0.4, -0.2) is 66.2 Å². The van der Waals surface area contributed by atoms with Crippen molar-refractivity contribution in [2.24, 2.45) is 0 Å². The predicted molar refractivity (Wildman–Crippen MR) is 151 cm³/mol. The molecule has 2 aliphatic rings. The first-order valence-corrected chi connectivity index (χ1v) is 13.3. The minimum absolute atomic E-state index is 0.121. The van der Waals surface area contributed by atoms with E-state index in [9.17, 15) is 14.7 Å². The Bertz CT molecular complexity index is 1540. The van der Waals surface area contributed by atoms with Crippen LogP contribution in [0.3, 0.4) is 0 Å². The number of H-pyrrole nitrogens is 2. The molecule has 5 N–H and O–H groups in total. The van der Waals surface area contributed by atoms with E-state index in [-0.39, 0.29) is 25.0 Å². The van der Waals surface area contributed by atoms with E-state index in [4.69, 9.17) is 14.2 Å². The van der Waals surface area contributed by atoms with Crippen LogP contribution >= 0.6 is 0 Å². The Morgan fingerprint density at radius 1 is 1.05 bits per heavy atom. The zero-order chi connectivity index (χ0) is 27.5. The van der Waals surface area contributed by atoms with Crippen molar-refractivity contribution in [1.29, 1.82) is 0 Å². The lowest BCUT2D eigenvalue weighted by Crippen LogP contribution is -2.45. The van der Waals surface area contributed by atoms with Crippen molar-refractivity contribution in [2.45, 2.75) is 25.0 Å². The SMILES string of the molecule is O=C(Nc1ccc(N2CCC(NC[C@H](O)COc3cccc4[nH]c(=O)[nH]c34)CC2)cc1)c1ccc2c(c1)OCO2. The molecule has 1 atom stereocenters. The van der Waals surface area contributed by atoms with Gasteiger partial charge in [0.2, 0.25) is 6.79 Å². The first kappa shape index (κ1) is 25.8. The van der Waals surface area contributed by atoms with Crippen LogP contribution in [-0.2, 0) is 0 Å². The number of nitrogens with zero attached hydrogens (tertiary/aromatic N) is 1. The fourth-order valence-electron chi connectivity index (χ4n) is 5.04. The number of aromatic amines is 2. The van der Waals surface area contributed by atoms with Crippen molar-refractivity contribution < 1.29 is 24.1 Å². The van der Waals surface area contributed by atoms with Crippen molar-refractivity contribution >= 4 is 28.3 Å². The van der Waals surface area contributed by atoms with E-state index in [0.29, 0.717) is 46.4 Å². The molecule has 11 heteroatoms. The topological polar surface area (TPSA) is 141 Å². The molecule has 0 spiro atoms. The highest BCUT2D eigenvalue weighted by Crippen LogP contribution is 2.33. The molecule has 1 amide bonds. The standard InChI is InChI=1S/C29H31N5O6/c35-22(16-38-25-3-1-2-23-27(25)33-29(37)32-23)15-30-19-10-12-34(13-11-19)21-7-5-20(6-8-21)31-28(36)18-4-9-24-26(14-18)40-17-39-24/h1-9,14,19,22,30,35H,10-13,15-17H2,(H,31,36)(H2,32,33,37)/t22-/m0/s1. The Kier molecular flexibility index (Phi) is 7.30. The van der Waals surface area contributed by atoms with Crippen molar-refractivity contribution in [3.63, 3.8) is 0 Å². The number of carbonyl (C=O) groups excluding carboxylic acids is 1. The zero-order valence-corrected chi connectivity index (χ0v) is 21.8. The minimum Gasteiger partial charge on any atom is -0.489 e. The van der Waals surface area contributed by atoms with E-state index in [2.05, 4.69) is 25.5 Å². The summed E-state index contributed by atoms with van der Waals surface area (Å²) in [5, 5.41) is 16.8. The molecule has 0 radical (unpaired) electrons. The fourth-order valence-corrected chi connectivity index (χ4v) is 5.04. The maximum absolute atomic E-state index is 12.6. The number of nitrogens with one attached hydrogen (secondary N) is 4. The molecule has 4 aromatic rings. The lowest BCUT2D eigenvalue weighted by atomic mass is 10.0. The van der Waals surface area contributed by atoms with Gasteiger partial charge in [0, 0.05) is 42.6 Å². The van der Waals surface area contributed by atoms with E-state index < -0.39 is 6.10 Å². The summed E-state index contributed by atoms with van der Waals surface area (Å²) in [6.07, 6.45) is 1.21. The number of imidazole rings is 1. The van der Waals surface area contributed by atoms with Crippen molar-refractivity contribution in [3.05, 3.63) is 76.7 Å². The minimum atomic E-state index is -0.681. The summed E-state index contributed by atoms with van der Waals surface area (Å²) in [7, 11) is 0. The second-order valence-corrected chi connectivity index (χ2v) is 9.96. The van der Waals surface area contributed by atoms with Gasteiger partial charge < -0.3 is 44.8 Å². The molecular formula is C29H31N5O6. The van der Waals surface area contributed by atoms with Crippen molar-refractivity contribution in [2.75, 3.05) is 43.3 Å². The number of ether oxygens (including phenoxy) is 3. The largest absolute Gasteiger partial charge is 0.489 e. The number of rotatable bonds is 9. The Labute approximate surface area is 230 Å². The van der Waals surface area contributed by atoms with Crippen molar-refractivity contribution in [1.82, 2.24) is 15.3 Å². The third-order valence-electron chi connectivity index (χ3n) is 7.21. The molecule has 40 heavy (non-hydrogen) atoms. The lowest BCUT2D eigenvalue weighted by molar-refractivity contribution is 0.102. The van der Waals surface area contributed by atoms with Gasteiger partial charge in [-0.15, -0.1) is 0 Å². The van der Waals surface area contributed by atoms with Gasteiger partial charge in [-0.05, 0) is 67.4 Å². The van der Waals surface area contributed by atoms with Gasteiger partial charge in [0.05, 0.1) is 5.52 Å². The third kappa shape index (κ3) is 5.75. The zero-order valence-electron chi connectivity index (χ0n) is 21.8. The number of fused-ring (bicyclic) bond motifs is 2. The average molecular weight is 546 g/mol. The number of hydrogen-bond donors (Lipinski definition) is 5. The van der Waals surface area contributed by atoms with Gasteiger partial charge in [-0.25, -0.2) is 4.79 Å². The fraction of sp³-hybridized carbons (Fsp3) is 0.310. The van der Waals surface area contributed by atoms with E-state index in [1.807, 2.05) is 24.3 Å². The summed E-state index contributed by atoms with van der Waals surface area (Å²) >= 11 is 0. The molecule has 0 aliphatic carbocycles. The lowest BCUT2D eigenvalue weighted by Gasteiger charge is -2.34. The van der Waals surface area contributed by atoms with Gasteiger partial charge in [0.25, 0.3) is 5.91 Å². The van der Waals surface area contributed by atoms with Gasteiger partial charge in [0.1, 0.15) is 24.0 Å². The van der Waals surface area contributed by atoms with Crippen LogP contribution in [0.2, 0.25) is 0 Å². The maximum atomic E-state index is 12.6. The van der Waals surface area contributed by atoms with Crippen LogP contribution in [0.25, 0.3) is 11.0 Å².